The second-order valence-corrected chi connectivity index (χ2v) is 6.99. The number of hydrogen-bond donors (Lipinski definition) is 0. The van der Waals surface area contributed by atoms with Crippen LogP contribution in [0.15, 0.2) is 59.5 Å². The lowest BCUT2D eigenvalue weighted by atomic mass is 10.1. The van der Waals surface area contributed by atoms with Gasteiger partial charge in [0.15, 0.2) is 5.78 Å². The molecular weight excluding hydrogens is 334 g/mol. The van der Waals surface area contributed by atoms with Crippen LogP contribution in [0.4, 0.5) is 0 Å². The van der Waals surface area contributed by atoms with Crippen molar-refractivity contribution in [3.05, 3.63) is 65.7 Å². The molecule has 0 unspecified atom stereocenters. The van der Waals surface area contributed by atoms with Gasteiger partial charge in [-0.3, -0.25) is 14.4 Å². The van der Waals surface area contributed by atoms with Crippen molar-refractivity contribution in [3.63, 3.8) is 0 Å². The van der Waals surface area contributed by atoms with Crippen LogP contribution in [0.3, 0.4) is 0 Å². The van der Waals surface area contributed by atoms with E-state index in [1.165, 1.54) is 11.8 Å². The zero-order valence-corrected chi connectivity index (χ0v) is 14.6. The number of hydrogen-bond acceptors (Lipinski definition) is 4. The van der Waals surface area contributed by atoms with Crippen LogP contribution in [-0.2, 0) is 4.79 Å². The molecule has 0 aliphatic carbocycles. The maximum absolute atomic E-state index is 12.6. The monoisotopic (exact) mass is 353 g/mol. The molecule has 25 heavy (non-hydrogen) atoms. The quantitative estimate of drug-likeness (QED) is 0.610. The van der Waals surface area contributed by atoms with Gasteiger partial charge in [-0.15, -0.1) is 11.8 Å². The number of ketones is 2. The van der Waals surface area contributed by atoms with Crippen LogP contribution in [0.2, 0.25) is 0 Å². The molecule has 0 spiro atoms. The molecule has 0 atom stereocenters. The van der Waals surface area contributed by atoms with Gasteiger partial charge in [0, 0.05) is 42.0 Å². The Hall–Kier alpha value is -2.40. The highest BCUT2D eigenvalue weighted by atomic mass is 32.2. The Morgan fingerprint density at radius 1 is 0.920 bits per heavy atom. The second-order valence-electron chi connectivity index (χ2n) is 5.94. The largest absolute Gasteiger partial charge is 0.338 e. The molecule has 128 valence electrons. The fourth-order valence-corrected chi connectivity index (χ4v) is 3.57. The zero-order valence-electron chi connectivity index (χ0n) is 13.8. The van der Waals surface area contributed by atoms with Crippen molar-refractivity contribution >= 4 is 29.2 Å². The SMILES string of the molecule is O=C1CCN(C(=O)c2cccc(SCC(=O)c3ccccc3)c2)CC1. The summed E-state index contributed by atoms with van der Waals surface area (Å²) >= 11 is 1.43. The summed E-state index contributed by atoms with van der Waals surface area (Å²) in [7, 11) is 0. The van der Waals surface area contributed by atoms with E-state index in [4.69, 9.17) is 0 Å². The van der Waals surface area contributed by atoms with Crippen molar-refractivity contribution in [2.45, 2.75) is 17.7 Å². The minimum absolute atomic E-state index is 0.0515. The minimum atomic E-state index is -0.0515. The van der Waals surface area contributed by atoms with E-state index in [1.807, 2.05) is 36.4 Å². The van der Waals surface area contributed by atoms with Crippen LogP contribution in [0.1, 0.15) is 33.6 Å². The lowest BCUT2D eigenvalue weighted by Crippen LogP contribution is -2.38. The third-order valence-corrected chi connectivity index (χ3v) is 5.15. The third kappa shape index (κ3) is 4.57. The van der Waals surface area contributed by atoms with E-state index in [-0.39, 0.29) is 17.5 Å². The number of likely N-dealkylation sites (tertiary alicyclic amines) is 1. The van der Waals surface area contributed by atoms with Gasteiger partial charge in [0.05, 0.1) is 5.75 Å². The molecule has 1 amide bonds. The summed E-state index contributed by atoms with van der Waals surface area (Å²) in [6.07, 6.45) is 0.873. The summed E-state index contributed by atoms with van der Waals surface area (Å²) in [5, 5.41) is 0. The van der Waals surface area contributed by atoms with Crippen LogP contribution >= 0.6 is 11.8 Å². The zero-order chi connectivity index (χ0) is 17.6. The number of benzene rings is 2. The van der Waals surface area contributed by atoms with Gasteiger partial charge >= 0.3 is 0 Å². The van der Waals surface area contributed by atoms with Gasteiger partial charge in [-0.1, -0.05) is 36.4 Å². The molecule has 1 aliphatic rings. The highest BCUT2D eigenvalue weighted by Crippen LogP contribution is 2.22. The molecule has 1 heterocycles. The molecule has 3 rings (SSSR count). The number of piperidine rings is 1. The smallest absolute Gasteiger partial charge is 0.253 e. The van der Waals surface area contributed by atoms with Crippen molar-refractivity contribution < 1.29 is 14.4 Å². The Bertz CT molecular complexity index is 779. The van der Waals surface area contributed by atoms with Gasteiger partial charge in [-0.25, -0.2) is 0 Å². The van der Waals surface area contributed by atoms with Crippen LogP contribution < -0.4 is 0 Å². The Balaban J connectivity index is 1.62. The molecule has 2 aromatic carbocycles. The highest BCUT2D eigenvalue weighted by molar-refractivity contribution is 8.00. The van der Waals surface area contributed by atoms with Gasteiger partial charge in [0.1, 0.15) is 5.78 Å². The molecule has 0 aromatic heterocycles. The Labute approximate surface area is 151 Å². The minimum Gasteiger partial charge on any atom is -0.338 e. The van der Waals surface area contributed by atoms with Gasteiger partial charge in [-0.05, 0) is 18.2 Å². The summed E-state index contributed by atoms with van der Waals surface area (Å²) in [6, 6.07) is 16.5. The van der Waals surface area contributed by atoms with E-state index in [9.17, 15) is 14.4 Å². The summed E-state index contributed by atoms with van der Waals surface area (Å²) in [5.74, 6) is 0.564. The van der Waals surface area contributed by atoms with Gasteiger partial charge in [0.2, 0.25) is 0 Å². The fourth-order valence-electron chi connectivity index (χ4n) is 2.72. The van der Waals surface area contributed by atoms with Crippen LogP contribution in [0.5, 0.6) is 0 Å². The van der Waals surface area contributed by atoms with Crippen LogP contribution in [0, 0.1) is 0 Å². The van der Waals surface area contributed by atoms with Gasteiger partial charge < -0.3 is 4.90 Å². The van der Waals surface area contributed by atoms with E-state index in [0.717, 1.165) is 4.90 Å². The molecule has 0 N–H and O–H groups in total. The number of nitrogens with zero attached hydrogens (tertiary/aromatic N) is 1. The Morgan fingerprint density at radius 3 is 2.32 bits per heavy atom. The van der Waals surface area contributed by atoms with Crippen molar-refractivity contribution in [3.8, 4) is 0 Å². The first-order chi connectivity index (χ1) is 12.1. The second kappa shape index (κ2) is 8.12. The van der Waals surface area contributed by atoms with E-state index in [2.05, 4.69) is 0 Å². The number of carbonyl (C=O) groups excluding carboxylic acids is 3. The van der Waals surface area contributed by atoms with Crippen molar-refractivity contribution in [2.75, 3.05) is 18.8 Å². The predicted octanol–water partition coefficient (Wildman–Crippen LogP) is 3.47. The maximum atomic E-state index is 12.6. The molecule has 1 fully saturated rings. The molecule has 1 aliphatic heterocycles. The molecular formula is C20H19NO3S. The summed E-state index contributed by atoms with van der Waals surface area (Å²) in [5.41, 5.74) is 1.30. The number of Topliss-reactive ketones (excluding diaryl/α,β-unsaturated/α-hetero) is 2. The predicted molar refractivity (Wildman–Crippen MR) is 98.1 cm³/mol. The number of thioether (sulfide) groups is 1. The Kier molecular flexibility index (Phi) is 5.66. The first-order valence-corrected chi connectivity index (χ1v) is 9.24. The number of amides is 1. The van der Waals surface area contributed by atoms with E-state index < -0.39 is 0 Å². The Morgan fingerprint density at radius 2 is 1.60 bits per heavy atom. The first-order valence-electron chi connectivity index (χ1n) is 8.25. The summed E-state index contributed by atoms with van der Waals surface area (Å²) < 4.78 is 0. The lowest BCUT2D eigenvalue weighted by Gasteiger charge is -2.26. The third-order valence-electron chi connectivity index (χ3n) is 4.16. The average molecular weight is 353 g/mol. The normalized spacial score (nSPS) is 14.4. The van der Waals surface area contributed by atoms with Gasteiger partial charge in [0.25, 0.3) is 5.91 Å². The first kappa shape index (κ1) is 17.4. The highest BCUT2D eigenvalue weighted by Gasteiger charge is 2.22. The van der Waals surface area contributed by atoms with E-state index >= 15 is 0 Å². The summed E-state index contributed by atoms with van der Waals surface area (Å²) in [4.78, 5) is 38.7. The molecule has 4 nitrogen and oxygen atoms in total. The number of carbonyl (C=O) groups is 3. The molecule has 0 saturated carbocycles. The molecule has 2 aromatic rings. The standard InChI is InChI=1S/C20H19NO3S/c22-17-9-11-21(12-10-17)20(24)16-7-4-8-18(13-16)25-14-19(23)15-5-2-1-3-6-15/h1-8,13H,9-12,14H2. The topological polar surface area (TPSA) is 54.5 Å². The molecule has 0 radical (unpaired) electrons. The van der Waals surface area contributed by atoms with Crippen molar-refractivity contribution in [1.29, 1.82) is 0 Å². The summed E-state index contributed by atoms with van der Waals surface area (Å²) in [6.45, 7) is 0.975. The average Bonchev–Trinajstić information content (AvgIpc) is 2.67. The molecule has 0 bridgehead atoms. The lowest BCUT2D eigenvalue weighted by molar-refractivity contribution is -0.120. The van der Waals surface area contributed by atoms with Crippen molar-refractivity contribution in [1.82, 2.24) is 4.90 Å². The van der Waals surface area contributed by atoms with Crippen LogP contribution in [0.25, 0.3) is 0 Å². The molecule has 5 heteroatoms. The number of rotatable bonds is 5. The van der Waals surface area contributed by atoms with E-state index in [0.29, 0.717) is 42.8 Å². The molecule has 1 saturated heterocycles. The van der Waals surface area contributed by atoms with Crippen LogP contribution in [-0.4, -0.2) is 41.2 Å². The fraction of sp³-hybridized carbons (Fsp3) is 0.250. The maximum Gasteiger partial charge on any atom is 0.253 e. The van der Waals surface area contributed by atoms with E-state index in [1.54, 1.807) is 23.1 Å². The van der Waals surface area contributed by atoms with Crippen molar-refractivity contribution in [2.24, 2.45) is 0 Å². The van der Waals surface area contributed by atoms with Gasteiger partial charge in [-0.2, -0.15) is 0 Å².